The van der Waals surface area contributed by atoms with Crippen molar-refractivity contribution in [1.82, 2.24) is 9.88 Å². The molecule has 1 fully saturated rings. The SMILES string of the molecule is Cc1cc(C)c2sc(N(CCCN3CCOCC3)C(=O)CCOc3ccccc3)nc2c1. The molecule has 1 amide bonds. The van der Waals surface area contributed by atoms with Crippen LogP contribution in [-0.4, -0.2) is 61.8 Å². The zero-order valence-electron chi connectivity index (χ0n) is 18.9. The Labute approximate surface area is 193 Å². The van der Waals surface area contributed by atoms with E-state index in [-0.39, 0.29) is 5.91 Å². The monoisotopic (exact) mass is 453 g/mol. The Hall–Kier alpha value is -2.48. The van der Waals surface area contributed by atoms with Crippen LogP contribution in [0.15, 0.2) is 42.5 Å². The number of aryl methyl sites for hydroxylation is 2. The number of benzene rings is 2. The van der Waals surface area contributed by atoms with Gasteiger partial charge in [-0.05, 0) is 49.6 Å². The van der Waals surface area contributed by atoms with Crippen molar-refractivity contribution in [2.24, 2.45) is 0 Å². The molecule has 3 aromatic rings. The Morgan fingerprint density at radius 1 is 1.19 bits per heavy atom. The maximum absolute atomic E-state index is 13.2. The van der Waals surface area contributed by atoms with Crippen LogP contribution < -0.4 is 9.64 Å². The quantitative estimate of drug-likeness (QED) is 0.480. The number of hydrogen-bond donors (Lipinski definition) is 0. The fourth-order valence-electron chi connectivity index (χ4n) is 3.99. The predicted octanol–water partition coefficient (Wildman–Crippen LogP) is 4.44. The Bertz CT molecular complexity index is 1030. The highest BCUT2D eigenvalue weighted by molar-refractivity contribution is 7.22. The van der Waals surface area contributed by atoms with Crippen LogP contribution in [0.25, 0.3) is 10.2 Å². The van der Waals surface area contributed by atoms with Gasteiger partial charge in [0.05, 0.1) is 36.5 Å². The second-order valence-electron chi connectivity index (χ2n) is 8.19. The molecule has 32 heavy (non-hydrogen) atoms. The van der Waals surface area contributed by atoms with E-state index in [4.69, 9.17) is 14.5 Å². The van der Waals surface area contributed by atoms with Crippen molar-refractivity contribution >= 4 is 32.6 Å². The van der Waals surface area contributed by atoms with Gasteiger partial charge in [0, 0.05) is 26.2 Å². The van der Waals surface area contributed by atoms with Crippen molar-refractivity contribution in [1.29, 1.82) is 0 Å². The van der Waals surface area contributed by atoms with Gasteiger partial charge in [-0.1, -0.05) is 35.6 Å². The summed E-state index contributed by atoms with van der Waals surface area (Å²) in [4.78, 5) is 22.3. The molecule has 0 N–H and O–H groups in total. The number of carbonyl (C=O) groups is 1. The number of carbonyl (C=O) groups excluding carboxylic acids is 1. The van der Waals surface area contributed by atoms with Gasteiger partial charge in [-0.25, -0.2) is 4.98 Å². The second-order valence-corrected chi connectivity index (χ2v) is 9.17. The zero-order valence-corrected chi connectivity index (χ0v) is 19.7. The van der Waals surface area contributed by atoms with E-state index in [0.29, 0.717) is 19.6 Å². The molecule has 7 heteroatoms. The number of thiazole rings is 1. The Kier molecular flexibility index (Phi) is 7.73. The van der Waals surface area contributed by atoms with Crippen LogP contribution in [0.5, 0.6) is 5.75 Å². The van der Waals surface area contributed by atoms with Crippen molar-refractivity contribution in [3.63, 3.8) is 0 Å². The summed E-state index contributed by atoms with van der Waals surface area (Å²) in [5, 5.41) is 0.778. The van der Waals surface area contributed by atoms with E-state index in [2.05, 4.69) is 30.9 Å². The summed E-state index contributed by atoms with van der Waals surface area (Å²) in [6.45, 7) is 9.64. The third-order valence-corrected chi connectivity index (χ3v) is 6.86. The number of rotatable bonds is 9. The number of amides is 1. The molecule has 0 radical (unpaired) electrons. The maximum Gasteiger partial charge on any atom is 0.232 e. The topological polar surface area (TPSA) is 54.9 Å². The van der Waals surface area contributed by atoms with Gasteiger partial charge >= 0.3 is 0 Å². The van der Waals surface area contributed by atoms with Gasteiger partial charge in [0.15, 0.2) is 5.13 Å². The lowest BCUT2D eigenvalue weighted by Gasteiger charge is -2.27. The molecule has 1 aliphatic heterocycles. The fourth-order valence-corrected chi connectivity index (χ4v) is 5.05. The number of fused-ring (bicyclic) bond motifs is 1. The molecule has 0 saturated carbocycles. The van der Waals surface area contributed by atoms with Crippen molar-refractivity contribution in [2.75, 3.05) is 50.9 Å². The van der Waals surface area contributed by atoms with Crippen LogP contribution in [0.3, 0.4) is 0 Å². The van der Waals surface area contributed by atoms with Gasteiger partial charge in [-0.15, -0.1) is 0 Å². The molecule has 2 heterocycles. The van der Waals surface area contributed by atoms with Crippen LogP contribution in [0, 0.1) is 13.8 Å². The lowest BCUT2D eigenvalue weighted by Crippen LogP contribution is -2.39. The molecule has 0 bridgehead atoms. The van der Waals surface area contributed by atoms with Crippen LogP contribution >= 0.6 is 11.3 Å². The third-order valence-electron chi connectivity index (χ3n) is 5.63. The molecule has 2 aromatic carbocycles. The Balaban J connectivity index is 1.45. The minimum absolute atomic E-state index is 0.0522. The third kappa shape index (κ3) is 5.85. The number of hydrogen-bond acceptors (Lipinski definition) is 6. The van der Waals surface area contributed by atoms with Crippen LogP contribution in [-0.2, 0) is 9.53 Å². The first-order valence-electron chi connectivity index (χ1n) is 11.3. The first-order valence-corrected chi connectivity index (χ1v) is 12.1. The lowest BCUT2D eigenvalue weighted by molar-refractivity contribution is -0.119. The molecular formula is C25H31N3O3S. The van der Waals surface area contributed by atoms with E-state index in [1.165, 1.54) is 11.1 Å². The van der Waals surface area contributed by atoms with E-state index >= 15 is 0 Å². The Morgan fingerprint density at radius 3 is 2.75 bits per heavy atom. The number of anilines is 1. The minimum Gasteiger partial charge on any atom is -0.493 e. The standard InChI is InChI=1S/C25H31N3O3S/c1-19-17-20(2)24-22(18-19)26-25(32-24)28(11-6-10-27-12-15-30-16-13-27)23(29)9-14-31-21-7-4-3-5-8-21/h3-5,7-8,17-18H,6,9-16H2,1-2H3. The largest absolute Gasteiger partial charge is 0.493 e. The number of nitrogens with zero attached hydrogens (tertiary/aromatic N) is 3. The molecule has 0 unspecified atom stereocenters. The first-order chi connectivity index (χ1) is 15.6. The van der Waals surface area contributed by atoms with Crippen LogP contribution in [0.2, 0.25) is 0 Å². The molecular weight excluding hydrogens is 422 g/mol. The molecule has 170 valence electrons. The summed E-state index contributed by atoms with van der Waals surface area (Å²) in [6.07, 6.45) is 1.22. The molecule has 0 spiro atoms. The van der Waals surface area contributed by atoms with Gasteiger partial charge in [0.25, 0.3) is 0 Å². The summed E-state index contributed by atoms with van der Waals surface area (Å²) >= 11 is 1.60. The first kappa shape index (κ1) is 22.7. The summed E-state index contributed by atoms with van der Waals surface area (Å²) in [7, 11) is 0. The van der Waals surface area contributed by atoms with Crippen LogP contribution in [0.1, 0.15) is 24.0 Å². The second kappa shape index (κ2) is 10.9. The van der Waals surface area contributed by atoms with Crippen molar-refractivity contribution in [3.05, 3.63) is 53.6 Å². The number of ether oxygens (including phenoxy) is 2. The van der Waals surface area contributed by atoms with E-state index in [0.717, 1.165) is 60.4 Å². The summed E-state index contributed by atoms with van der Waals surface area (Å²) in [5.41, 5.74) is 3.36. The van der Waals surface area contributed by atoms with Crippen molar-refractivity contribution < 1.29 is 14.3 Å². The number of aromatic nitrogens is 1. The van der Waals surface area contributed by atoms with Gasteiger partial charge in [-0.2, -0.15) is 0 Å². The zero-order chi connectivity index (χ0) is 22.3. The van der Waals surface area contributed by atoms with Gasteiger partial charge in [0.2, 0.25) is 5.91 Å². The minimum atomic E-state index is 0.0522. The fraction of sp³-hybridized carbons (Fsp3) is 0.440. The number of para-hydroxylation sites is 1. The average Bonchev–Trinajstić information content (AvgIpc) is 3.22. The van der Waals surface area contributed by atoms with Gasteiger partial charge in [0.1, 0.15) is 5.75 Å². The molecule has 0 atom stereocenters. The smallest absolute Gasteiger partial charge is 0.232 e. The Morgan fingerprint density at radius 2 is 1.97 bits per heavy atom. The normalized spacial score (nSPS) is 14.6. The lowest BCUT2D eigenvalue weighted by atomic mass is 10.1. The summed E-state index contributed by atoms with van der Waals surface area (Å²) in [5.74, 6) is 0.835. The van der Waals surface area contributed by atoms with E-state index < -0.39 is 0 Å². The summed E-state index contributed by atoms with van der Waals surface area (Å²) in [6, 6.07) is 13.9. The average molecular weight is 454 g/mol. The highest BCUT2D eigenvalue weighted by atomic mass is 32.1. The summed E-state index contributed by atoms with van der Waals surface area (Å²) < 4.78 is 12.4. The van der Waals surface area contributed by atoms with Crippen molar-refractivity contribution in [3.8, 4) is 5.75 Å². The van der Waals surface area contributed by atoms with Crippen LogP contribution in [0.4, 0.5) is 5.13 Å². The molecule has 1 aliphatic rings. The molecule has 1 aromatic heterocycles. The van der Waals surface area contributed by atoms with Gasteiger partial charge in [-0.3, -0.25) is 14.6 Å². The van der Waals surface area contributed by atoms with E-state index in [1.807, 2.05) is 35.2 Å². The number of morpholine rings is 1. The van der Waals surface area contributed by atoms with E-state index in [9.17, 15) is 4.79 Å². The van der Waals surface area contributed by atoms with Crippen molar-refractivity contribution in [2.45, 2.75) is 26.7 Å². The van der Waals surface area contributed by atoms with E-state index in [1.54, 1.807) is 11.3 Å². The highest BCUT2D eigenvalue weighted by Crippen LogP contribution is 2.32. The molecule has 0 aliphatic carbocycles. The molecule has 6 nitrogen and oxygen atoms in total. The highest BCUT2D eigenvalue weighted by Gasteiger charge is 2.21. The molecule has 1 saturated heterocycles. The van der Waals surface area contributed by atoms with Gasteiger partial charge < -0.3 is 9.47 Å². The maximum atomic E-state index is 13.2. The predicted molar refractivity (Wildman–Crippen MR) is 130 cm³/mol. The molecule has 4 rings (SSSR count).